The van der Waals surface area contributed by atoms with Gasteiger partial charge in [0.1, 0.15) is 0 Å². The van der Waals surface area contributed by atoms with E-state index in [1.807, 2.05) is 45.9 Å². The van der Waals surface area contributed by atoms with Crippen LogP contribution >= 0.6 is 0 Å². The maximum Gasteiger partial charge on any atom is 0.239 e. The predicted molar refractivity (Wildman–Crippen MR) is 80.5 cm³/mol. The van der Waals surface area contributed by atoms with Gasteiger partial charge in [-0.2, -0.15) is 0 Å². The number of carbonyl (C=O) groups excluding carboxylic acids is 2. The summed E-state index contributed by atoms with van der Waals surface area (Å²) in [6, 6.07) is 6.09. The molecule has 0 atom stereocenters. The van der Waals surface area contributed by atoms with Crippen molar-refractivity contribution >= 4 is 11.8 Å². The van der Waals surface area contributed by atoms with Gasteiger partial charge in [0.05, 0.1) is 13.0 Å². The molecule has 0 fully saturated rings. The van der Waals surface area contributed by atoms with E-state index < -0.39 is 0 Å². The molecule has 0 spiro atoms. The van der Waals surface area contributed by atoms with Gasteiger partial charge in [-0.25, -0.2) is 0 Å². The second kappa shape index (κ2) is 7.08. The van der Waals surface area contributed by atoms with Crippen LogP contribution in [0, 0.1) is 13.8 Å². The van der Waals surface area contributed by atoms with Crippen LogP contribution in [-0.2, 0) is 16.0 Å². The predicted octanol–water partition coefficient (Wildman–Crippen LogP) is 1.83. The first-order chi connectivity index (χ1) is 9.29. The van der Waals surface area contributed by atoms with Crippen LogP contribution in [0.3, 0.4) is 0 Å². The molecule has 0 saturated heterocycles. The Balaban J connectivity index is 2.57. The number of hydrogen-bond donors (Lipinski definition) is 1. The second-order valence-corrected chi connectivity index (χ2v) is 5.57. The van der Waals surface area contributed by atoms with Crippen LogP contribution in [-0.4, -0.2) is 36.3 Å². The van der Waals surface area contributed by atoms with Crippen LogP contribution < -0.4 is 5.32 Å². The third-order valence-corrected chi connectivity index (χ3v) is 3.18. The maximum atomic E-state index is 12.1. The molecule has 0 radical (unpaired) electrons. The number of nitrogens with zero attached hydrogens (tertiary/aromatic N) is 1. The van der Waals surface area contributed by atoms with Gasteiger partial charge in [-0.15, -0.1) is 0 Å². The molecule has 0 unspecified atom stereocenters. The first-order valence-corrected chi connectivity index (χ1v) is 6.89. The molecule has 1 N–H and O–H groups in total. The van der Waals surface area contributed by atoms with E-state index in [4.69, 9.17) is 0 Å². The van der Waals surface area contributed by atoms with Gasteiger partial charge >= 0.3 is 0 Å². The second-order valence-electron chi connectivity index (χ2n) is 5.57. The van der Waals surface area contributed by atoms with Crippen LogP contribution in [0.5, 0.6) is 0 Å². The molecule has 0 aliphatic heterocycles. The number of likely N-dealkylation sites (N-methyl/N-ethyl adjacent to an activating group) is 1. The Kier molecular flexibility index (Phi) is 5.74. The highest BCUT2D eigenvalue weighted by atomic mass is 16.2. The van der Waals surface area contributed by atoms with Gasteiger partial charge in [-0.1, -0.05) is 18.2 Å². The number of rotatable bonds is 5. The van der Waals surface area contributed by atoms with Crippen molar-refractivity contribution in [3.05, 3.63) is 34.9 Å². The maximum absolute atomic E-state index is 12.1. The first kappa shape index (κ1) is 16.2. The number of hydrogen-bond acceptors (Lipinski definition) is 2. The Morgan fingerprint density at radius 1 is 1.20 bits per heavy atom. The fourth-order valence-corrected chi connectivity index (χ4v) is 1.89. The molecule has 2 amide bonds. The average Bonchev–Trinajstić information content (AvgIpc) is 2.32. The van der Waals surface area contributed by atoms with Crippen molar-refractivity contribution in [3.63, 3.8) is 0 Å². The topological polar surface area (TPSA) is 49.4 Å². The Morgan fingerprint density at radius 3 is 2.40 bits per heavy atom. The molecule has 4 heteroatoms. The average molecular weight is 276 g/mol. The quantitative estimate of drug-likeness (QED) is 0.892. The number of carbonyl (C=O) groups is 2. The molecule has 1 aromatic rings. The minimum Gasteiger partial charge on any atom is -0.352 e. The third kappa shape index (κ3) is 5.03. The molecule has 0 aromatic heterocycles. The van der Waals surface area contributed by atoms with Crippen molar-refractivity contribution in [3.8, 4) is 0 Å². The first-order valence-electron chi connectivity index (χ1n) is 6.89. The van der Waals surface area contributed by atoms with Crippen LogP contribution in [0.15, 0.2) is 18.2 Å². The van der Waals surface area contributed by atoms with E-state index in [1.165, 1.54) is 16.0 Å². The van der Waals surface area contributed by atoms with Crippen LogP contribution in [0.25, 0.3) is 0 Å². The number of aryl methyl sites for hydroxylation is 2. The summed E-state index contributed by atoms with van der Waals surface area (Å²) < 4.78 is 0. The van der Waals surface area contributed by atoms with Crippen molar-refractivity contribution in [2.75, 3.05) is 13.6 Å². The molecule has 1 rings (SSSR count). The van der Waals surface area contributed by atoms with Crippen molar-refractivity contribution in [1.29, 1.82) is 0 Å². The zero-order chi connectivity index (χ0) is 15.3. The lowest BCUT2D eigenvalue weighted by atomic mass is 10.0. The Hall–Kier alpha value is -1.84. The lowest BCUT2D eigenvalue weighted by Crippen LogP contribution is -2.41. The van der Waals surface area contributed by atoms with Gasteiger partial charge in [0.25, 0.3) is 0 Å². The van der Waals surface area contributed by atoms with Crippen LogP contribution in [0.4, 0.5) is 0 Å². The Morgan fingerprint density at radius 2 is 1.85 bits per heavy atom. The summed E-state index contributed by atoms with van der Waals surface area (Å²) in [5.41, 5.74) is 3.37. The van der Waals surface area contributed by atoms with E-state index in [1.54, 1.807) is 7.05 Å². The summed E-state index contributed by atoms with van der Waals surface area (Å²) in [4.78, 5) is 25.2. The van der Waals surface area contributed by atoms with Crippen LogP contribution in [0.2, 0.25) is 0 Å². The van der Waals surface area contributed by atoms with Gasteiger partial charge in [0, 0.05) is 13.1 Å². The van der Waals surface area contributed by atoms with E-state index >= 15 is 0 Å². The normalized spacial score (nSPS) is 10.5. The van der Waals surface area contributed by atoms with Gasteiger partial charge in [-0.05, 0) is 44.4 Å². The highest BCUT2D eigenvalue weighted by molar-refractivity contribution is 5.85. The van der Waals surface area contributed by atoms with Crippen molar-refractivity contribution in [1.82, 2.24) is 10.2 Å². The third-order valence-electron chi connectivity index (χ3n) is 3.18. The minimum absolute atomic E-state index is 0.0489. The van der Waals surface area contributed by atoms with Crippen molar-refractivity contribution in [2.24, 2.45) is 0 Å². The lowest BCUT2D eigenvalue weighted by Gasteiger charge is -2.18. The van der Waals surface area contributed by atoms with Crippen LogP contribution in [0.1, 0.15) is 30.5 Å². The van der Waals surface area contributed by atoms with Crippen molar-refractivity contribution < 1.29 is 9.59 Å². The molecule has 0 aliphatic carbocycles. The van der Waals surface area contributed by atoms with E-state index in [-0.39, 0.29) is 24.4 Å². The van der Waals surface area contributed by atoms with E-state index in [0.29, 0.717) is 6.42 Å². The summed E-state index contributed by atoms with van der Waals surface area (Å²) in [6.07, 6.45) is 0.326. The highest BCUT2D eigenvalue weighted by Crippen LogP contribution is 2.11. The molecule has 0 aliphatic rings. The van der Waals surface area contributed by atoms with E-state index in [2.05, 4.69) is 5.32 Å². The highest BCUT2D eigenvalue weighted by Gasteiger charge is 2.14. The summed E-state index contributed by atoms with van der Waals surface area (Å²) in [6.45, 7) is 7.97. The molecule has 0 heterocycles. The number of nitrogens with one attached hydrogen (secondary N) is 1. The Bertz CT molecular complexity index is 495. The fourth-order valence-electron chi connectivity index (χ4n) is 1.89. The molecule has 110 valence electrons. The van der Waals surface area contributed by atoms with Gasteiger partial charge in [0.15, 0.2) is 0 Å². The van der Waals surface area contributed by atoms with Gasteiger partial charge in [0.2, 0.25) is 11.8 Å². The SMILES string of the molecule is Cc1ccc(CC(=O)N(C)CC(=O)NC(C)C)cc1C. The summed E-state index contributed by atoms with van der Waals surface area (Å²) in [5.74, 6) is -0.178. The van der Waals surface area contributed by atoms with Gasteiger partial charge in [-0.3, -0.25) is 9.59 Å². The lowest BCUT2D eigenvalue weighted by molar-refractivity contribution is -0.134. The molecule has 20 heavy (non-hydrogen) atoms. The summed E-state index contributed by atoms with van der Waals surface area (Å²) in [7, 11) is 1.66. The fraction of sp³-hybridized carbons (Fsp3) is 0.500. The van der Waals surface area contributed by atoms with E-state index in [9.17, 15) is 9.59 Å². The molecule has 0 bridgehead atoms. The van der Waals surface area contributed by atoms with Gasteiger partial charge < -0.3 is 10.2 Å². The number of amides is 2. The molecule has 1 aromatic carbocycles. The standard InChI is InChI=1S/C16H24N2O2/c1-11(2)17-15(19)10-18(5)16(20)9-14-7-6-12(3)13(4)8-14/h6-8,11H,9-10H2,1-5H3,(H,17,19). The molecule has 4 nitrogen and oxygen atoms in total. The largest absolute Gasteiger partial charge is 0.352 e. The zero-order valence-electron chi connectivity index (χ0n) is 13.0. The number of benzene rings is 1. The zero-order valence-corrected chi connectivity index (χ0v) is 13.0. The summed E-state index contributed by atoms with van der Waals surface area (Å²) in [5, 5.41) is 2.78. The van der Waals surface area contributed by atoms with Crippen molar-refractivity contribution in [2.45, 2.75) is 40.2 Å². The summed E-state index contributed by atoms with van der Waals surface area (Å²) >= 11 is 0. The molecular weight excluding hydrogens is 252 g/mol. The van der Waals surface area contributed by atoms with E-state index in [0.717, 1.165) is 5.56 Å². The molecule has 0 saturated carbocycles. The smallest absolute Gasteiger partial charge is 0.239 e. The Labute approximate surface area is 121 Å². The monoisotopic (exact) mass is 276 g/mol. The minimum atomic E-state index is -0.129. The molecular formula is C16H24N2O2.